The topological polar surface area (TPSA) is 88.3 Å². The lowest BCUT2D eigenvalue weighted by molar-refractivity contribution is -0.151. The zero-order valence-electron chi connectivity index (χ0n) is 18.9. The molecule has 30 heavy (non-hydrogen) atoms. The number of unbranched alkanes of at least 4 members (excludes halogenated alkanes) is 5. The van der Waals surface area contributed by atoms with E-state index in [1.165, 1.54) is 23.9 Å². The van der Waals surface area contributed by atoms with Gasteiger partial charge in [0.05, 0.1) is 7.11 Å². The predicted octanol–water partition coefficient (Wildman–Crippen LogP) is 4.45. The Morgan fingerprint density at radius 1 is 0.900 bits per heavy atom. The summed E-state index contributed by atoms with van der Waals surface area (Å²) in [6.07, 6.45) is 9.44. The summed E-state index contributed by atoms with van der Waals surface area (Å²) in [5.41, 5.74) is 7.47. The number of allylic oxidation sites excluding steroid dienone is 1. The number of H-pyrrole nitrogens is 1. The zero-order valence-corrected chi connectivity index (χ0v) is 18.9. The molecule has 2 N–H and O–H groups in total. The Morgan fingerprint density at radius 2 is 1.53 bits per heavy atom. The lowest BCUT2D eigenvalue weighted by atomic mass is 10.0. The molecule has 1 aliphatic rings. The first-order valence-electron chi connectivity index (χ1n) is 10.8. The second kappa shape index (κ2) is 11.0. The largest absolute Gasteiger partial charge is 0.463 e. The van der Waals surface area contributed by atoms with Gasteiger partial charge in [0.1, 0.15) is 0 Å². The highest BCUT2D eigenvalue weighted by Crippen LogP contribution is 2.26. The van der Waals surface area contributed by atoms with E-state index in [-0.39, 0.29) is 12.3 Å². The minimum absolute atomic E-state index is 0.0189. The molecule has 6 heteroatoms. The number of aryl methyl sites for hydroxylation is 1. The Hall–Kier alpha value is -2.63. The van der Waals surface area contributed by atoms with Gasteiger partial charge in [-0.05, 0) is 69.7 Å². The Balaban J connectivity index is 1.76. The summed E-state index contributed by atoms with van der Waals surface area (Å²) >= 11 is 0. The smallest absolute Gasteiger partial charge is 0.374 e. The van der Waals surface area contributed by atoms with Crippen molar-refractivity contribution in [3.63, 3.8) is 0 Å². The normalized spacial score (nSPS) is 15.1. The number of Topliss-reactive ketones (excluding diaryl/α,β-unsaturated/α-hetero) is 1. The molecule has 1 aromatic heterocycles. The molecule has 0 aromatic carbocycles. The van der Waals surface area contributed by atoms with Crippen LogP contribution in [0.4, 0.5) is 0 Å². The fourth-order valence-electron chi connectivity index (χ4n) is 3.65. The van der Waals surface area contributed by atoms with E-state index in [0.29, 0.717) is 0 Å². The van der Waals surface area contributed by atoms with Crippen molar-refractivity contribution in [2.75, 3.05) is 7.11 Å². The number of esters is 1. The summed E-state index contributed by atoms with van der Waals surface area (Å²) in [6.45, 7) is 8.07. The van der Waals surface area contributed by atoms with Crippen molar-refractivity contribution in [3.05, 3.63) is 39.4 Å². The molecule has 0 bridgehead atoms. The van der Waals surface area contributed by atoms with Gasteiger partial charge in [-0.1, -0.05) is 25.7 Å². The number of rotatable bonds is 11. The quantitative estimate of drug-likeness (QED) is 0.318. The first-order valence-corrected chi connectivity index (χ1v) is 10.8. The molecule has 0 spiro atoms. The molecule has 2 rings (SSSR count). The Kier molecular flexibility index (Phi) is 8.63. The molecule has 164 valence electrons. The molecule has 0 fully saturated rings. The van der Waals surface area contributed by atoms with Gasteiger partial charge in [0.25, 0.3) is 5.91 Å². The number of carbonyl (C=O) groups is 3. The van der Waals surface area contributed by atoms with Crippen molar-refractivity contribution in [2.45, 2.75) is 79.1 Å². The number of ketones is 1. The number of ether oxygens (including phenoxy) is 1. The molecule has 0 radical (unpaired) electrons. The van der Waals surface area contributed by atoms with Gasteiger partial charge in [-0.25, -0.2) is 4.79 Å². The number of aromatic amines is 1. The van der Waals surface area contributed by atoms with Crippen molar-refractivity contribution in [2.24, 2.45) is 0 Å². The van der Waals surface area contributed by atoms with E-state index in [0.717, 1.165) is 67.5 Å². The fraction of sp³-hybridized carbons (Fsp3) is 0.542. The van der Waals surface area contributed by atoms with Gasteiger partial charge >= 0.3 is 5.97 Å². The highest BCUT2D eigenvalue weighted by atomic mass is 16.5. The molecular formula is C24H34N2O4. The molecule has 1 amide bonds. The minimum atomic E-state index is -0.738. The average molecular weight is 415 g/mol. The predicted molar refractivity (Wildman–Crippen MR) is 118 cm³/mol. The molecule has 0 saturated carbocycles. The SMILES string of the molecule is COC(=O)C(=O)CCCCCCCCc1[nH]c(/C=C2/NC(=O)C(C)=C2C)c(C)c1C. The molecule has 1 aliphatic heterocycles. The van der Waals surface area contributed by atoms with Gasteiger partial charge in [-0.2, -0.15) is 0 Å². The molecule has 2 heterocycles. The van der Waals surface area contributed by atoms with E-state index in [1.54, 1.807) is 0 Å². The third-order valence-corrected chi connectivity index (χ3v) is 6.04. The van der Waals surface area contributed by atoms with E-state index in [9.17, 15) is 14.4 Å². The molecular weight excluding hydrogens is 380 g/mol. The van der Waals surface area contributed by atoms with E-state index in [2.05, 4.69) is 28.9 Å². The molecule has 1 aromatic rings. The van der Waals surface area contributed by atoms with Gasteiger partial charge in [-0.3, -0.25) is 9.59 Å². The number of nitrogens with one attached hydrogen (secondary N) is 2. The number of aromatic nitrogens is 1. The molecule has 0 saturated heterocycles. The van der Waals surface area contributed by atoms with Gasteiger partial charge in [-0.15, -0.1) is 0 Å². The van der Waals surface area contributed by atoms with Crippen molar-refractivity contribution in [1.82, 2.24) is 10.3 Å². The zero-order chi connectivity index (χ0) is 22.3. The average Bonchev–Trinajstić information content (AvgIpc) is 3.13. The van der Waals surface area contributed by atoms with Crippen LogP contribution in [0.25, 0.3) is 6.08 Å². The highest BCUT2D eigenvalue weighted by Gasteiger charge is 2.21. The van der Waals surface area contributed by atoms with Crippen LogP contribution in [0, 0.1) is 13.8 Å². The van der Waals surface area contributed by atoms with E-state index < -0.39 is 11.8 Å². The van der Waals surface area contributed by atoms with Crippen LogP contribution in [0.5, 0.6) is 0 Å². The van der Waals surface area contributed by atoms with Crippen molar-refractivity contribution in [3.8, 4) is 0 Å². The van der Waals surface area contributed by atoms with Crippen LogP contribution in [-0.2, 0) is 25.5 Å². The second-order valence-electron chi connectivity index (χ2n) is 8.07. The summed E-state index contributed by atoms with van der Waals surface area (Å²) < 4.78 is 4.42. The minimum Gasteiger partial charge on any atom is -0.463 e. The maximum Gasteiger partial charge on any atom is 0.374 e. The number of hydrogen-bond donors (Lipinski definition) is 2. The third-order valence-electron chi connectivity index (χ3n) is 6.04. The molecule has 0 atom stereocenters. The number of carbonyl (C=O) groups excluding carboxylic acids is 3. The summed E-state index contributed by atoms with van der Waals surface area (Å²) in [5.74, 6) is -1.19. The Labute approximate surface area is 179 Å². The van der Waals surface area contributed by atoms with Crippen LogP contribution < -0.4 is 5.32 Å². The monoisotopic (exact) mass is 414 g/mol. The van der Waals surface area contributed by atoms with Gasteiger partial charge in [0.15, 0.2) is 0 Å². The van der Waals surface area contributed by atoms with Crippen LogP contribution in [0.3, 0.4) is 0 Å². The first kappa shape index (κ1) is 23.6. The van der Waals surface area contributed by atoms with E-state index in [1.807, 2.05) is 19.9 Å². The molecule has 6 nitrogen and oxygen atoms in total. The van der Waals surface area contributed by atoms with Crippen molar-refractivity contribution in [1.29, 1.82) is 0 Å². The summed E-state index contributed by atoms with van der Waals surface area (Å²) in [5, 5.41) is 2.93. The number of hydrogen-bond acceptors (Lipinski definition) is 4. The standard InChI is InChI=1S/C24H34N2O4/c1-15-16(2)20(14-21-17(3)18(4)23(28)26-21)25-19(15)12-10-8-6-7-9-11-13-22(27)24(29)30-5/h14,25H,6-13H2,1-5H3,(H,26,28)/b21-14+. The fourth-order valence-corrected chi connectivity index (χ4v) is 3.65. The van der Waals surface area contributed by atoms with Crippen molar-refractivity contribution < 1.29 is 19.1 Å². The summed E-state index contributed by atoms with van der Waals surface area (Å²) in [7, 11) is 1.24. The molecule has 0 aliphatic carbocycles. The van der Waals surface area contributed by atoms with E-state index in [4.69, 9.17) is 0 Å². The number of methoxy groups -OCH3 is 1. The third kappa shape index (κ3) is 5.94. The Morgan fingerprint density at radius 3 is 2.13 bits per heavy atom. The Bertz CT molecular complexity index is 874. The maximum absolute atomic E-state index is 11.8. The van der Waals surface area contributed by atoms with Crippen LogP contribution in [0.15, 0.2) is 16.8 Å². The maximum atomic E-state index is 11.8. The molecule has 0 unspecified atom stereocenters. The number of amides is 1. The highest BCUT2D eigenvalue weighted by molar-refractivity contribution is 6.33. The lowest BCUT2D eigenvalue weighted by Crippen LogP contribution is -2.15. The summed E-state index contributed by atoms with van der Waals surface area (Å²) in [4.78, 5) is 37.8. The first-order chi connectivity index (χ1) is 14.3. The second-order valence-corrected chi connectivity index (χ2v) is 8.07. The van der Waals surface area contributed by atoms with Crippen LogP contribution >= 0.6 is 0 Å². The van der Waals surface area contributed by atoms with Gasteiger partial charge in [0.2, 0.25) is 5.78 Å². The van der Waals surface area contributed by atoms with Crippen LogP contribution in [0.2, 0.25) is 0 Å². The van der Waals surface area contributed by atoms with Crippen LogP contribution in [0.1, 0.15) is 81.3 Å². The van der Waals surface area contributed by atoms with Gasteiger partial charge < -0.3 is 15.0 Å². The van der Waals surface area contributed by atoms with Gasteiger partial charge in [0, 0.05) is 29.1 Å². The lowest BCUT2D eigenvalue weighted by Gasteiger charge is -2.03. The van der Waals surface area contributed by atoms with Crippen molar-refractivity contribution >= 4 is 23.7 Å². The van der Waals surface area contributed by atoms with Crippen LogP contribution in [-0.4, -0.2) is 29.8 Å². The van der Waals surface area contributed by atoms with E-state index >= 15 is 0 Å². The summed E-state index contributed by atoms with van der Waals surface area (Å²) in [6, 6.07) is 0.